The van der Waals surface area contributed by atoms with Crippen LogP contribution >= 0.6 is 27.7 Å². The number of carbonyl (C=O) groups excluding carboxylic acids is 1. The van der Waals surface area contributed by atoms with Crippen LogP contribution in [0.2, 0.25) is 0 Å². The maximum Gasteiger partial charge on any atom is 0.573 e. The molecular formula is C17H15BrF3N3O3S. The van der Waals surface area contributed by atoms with E-state index >= 15 is 0 Å². The minimum Gasteiger partial charge on any atom is -0.439 e. The van der Waals surface area contributed by atoms with Gasteiger partial charge in [0, 0.05) is 6.20 Å². The normalized spacial score (nSPS) is 19.6. The third-order valence-corrected chi connectivity index (χ3v) is 5.33. The molecule has 1 aromatic carbocycles. The number of aromatic nitrogens is 2. The van der Waals surface area contributed by atoms with Gasteiger partial charge in [-0.1, -0.05) is 23.9 Å². The van der Waals surface area contributed by atoms with E-state index in [0.29, 0.717) is 20.9 Å². The molecule has 0 bridgehead atoms. The van der Waals surface area contributed by atoms with E-state index in [1.807, 2.05) is 6.26 Å². The second kappa shape index (κ2) is 8.16. The molecule has 150 valence electrons. The first-order valence-electron chi connectivity index (χ1n) is 8.06. The zero-order valence-electron chi connectivity index (χ0n) is 14.7. The van der Waals surface area contributed by atoms with Gasteiger partial charge >= 0.3 is 12.5 Å². The van der Waals surface area contributed by atoms with Crippen LogP contribution in [0.4, 0.5) is 18.0 Å². The standard InChI is InChI=1S/C17H15BrF3N3O3S/c1-9-14(10-4-3-5-11(6-10)27-17(19,20)21)26-16(25)24(9)8-13-12(18)7-22-15(23-13)28-2/h3-7,9,14H,8H2,1-2H3/t9-,14-/m0/s1. The maximum absolute atomic E-state index is 12.5. The van der Waals surface area contributed by atoms with Gasteiger partial charge in [-0.05, 0) is 46.8 Å². The molecule has 1 aliphatic rings. The molecule has 1 fully saturated rings. The number of hydrogen-bond donors (Lipinski definition) is 0. The SMILES string of the molecule is CSc1ncc(Br)c(CN2C(=O)O[C@H](c3cccc(OC(F)(F)F)c3)[C@@H]2C)n1. The Morgan fingerprint density at radius 3 is 2.82 bits per heavy atom. The van der Waals surface area contributed by atoms with E-state index in [1.54, 1.807) is 19.2 Å². The van der Waals surface area contributed by atoms with Crippen LogP contribution in [0.25, 0.3) is 0 Å². The maximum atomic E-state index is 12.5. The van der Waals surface area contributed by atoms with Crippen LogP contribution < -0.4 is 4.74 Å². The summed E-state index contributed by atoms with van der Waals surface area (Å²) in [5, 5.41) is 0.562. The molecule has 6 nitrogen and oxygen atoms in total. The Morgan fingerprint density at radius 1 is 1.39 bits per heavy atom. The Morgan fingerprint density at radius 2 is 2.14 bits per heavy atom. The molecule has 2 heterocycles. The predicted molar refractivity (Wildman–Crippen MR) is 98.9 cm³/mol. The average molecular weight is 478 g/mol. The summed E-state index contributed by atoms with van der Waals surface area (Å²) in [6, 6.07) is 5.00. The van der Waals surface area contributed by atoms with Gasteiger partial charge in [0.2, 0.25) is 0 Å². The summed E-state index contributed by atoms with van der Waals surface area (Å²) in [4.78, 5) is 22.4. The molecule has 1 aromatic heterocycles. The van der Waals surface area contributed by atoms with Crippen LogP contribution in [0.5, 0.6) is 5.75 Å². The fourth-order valence-corrected chi connectivity index (χ4v) is 3.48. The lowest BCUT2D eigenvalue weighted by Crippen LogP contribution is -2.32. The quantitative estimate of drug-likeness (QED) is 0.448. The molecular weight excluding hydrogens is 463 g/mol. The number of thioether (sulfide) groups is 1. The van der Waals surface area contributed by atoms with E-state index in [9.17, 15) is 18.0 Å². The summed E-state index contributed by atoms with van der Waals surface area (Å²) in [7, 11) is 0. The number of amides is 1. The number of benzene rings is 1. The Balaban J connectivity index is 1.80. The Labute approximate surface area is 171 Å². The first kappa shape index (κ1) is 20.7. The largest absolute Gasteiger partial charge is 0.573 e. The number of cyclic esters (lactones) is 1. The second-order valence-electron chi connectivity index (χ2n) is 5.94. The minimum absolute atomic E-state index is 0.173. The third kappa shape index (κ3) is 4.69. The number of ether oxygens (including phenoxy) is 2. The van der Waals surface area contributed by atoms with Crippen LogP contribution in [0.15, 0.2) is 40.1 Å². The summed E-state index contributed by atoms with van der Waals surface area (Å²) >= 11 is 4.74. The van der Waals surface area contributed by atoms with Gasteiger partial charge in [0.25, 0.3) is 0 Å². The van der Waals surface area contributed by atoms with Crippen molar-refractivity contribution < 1.29 is 27.4 Å². The first-order chi connectivity index (χ1) is 13.2. The van der Waals surface area contributed by atoms with Crippen LogP contribution in [0.3, 0.4) is 0 Å². The molecule has 0 N–H and O–H groups in total. The van der Waals surface area contributed by atoms with Gasteiger partial charge in [-0.15, -0.1) is 13.2 Å². The lowest BCUT2D eigenvalue weighted by Gasteiger charge is -2.21. The molecule has 1 amide bonds. The molecule has 2 aromatic rings. The number of carbonyl (C=O) groups is 1. The van der Waals surface area contributed by atoms with E-state index in [0.717, 1.165) is 0 Å². The monoisotopic (exact) mass is 477 g/mol. The minimum atomic E-state index is -4.79. The van der Waals surface area contributed by atoms with Crippen molar-refractivity contribution >= 4 is 33.8 Å². The Bertz CT molecular complexity index is 884. The van der Waals surface area contributed by atoms with E-state index < -0.39 is 24.6 Å². The van der Waals surface area contributed by atoms with Crippen LogP contribution in [0.1, 0.15) is 24.3 Å². The second-order valence-corrected chi connectivity index (χ2v) is 7.57. The highest BCUT2D eigenvalue weighted by molar-refractivity contribution is 9.10. The molecule has 0 radical (unpaired) electrons. The van der Waals surface area contributed by atoms with Crippen molar-refractivity contribution in [3.8, 4) is 5.75 Å². The fourth-order valence-electron chi connectivity index (χ4n) is 2.80. The van der Waals surface area contributed by atoms with Crippen LogP contribution in [-0.4, -0.2) is 39.6 Å². The summed E-state index contributed by atoms with van der Waals surface area (Å²) in [6.07, 6.45) is -2.65. The summed E-state index contributed by atoms with van der Waals surface area (Å²) in [6.45, 7) is 1.93. The van der Waals surface area contributed by atoms with Crippen molar-refractivity contribution in [3.05, 3.63) is 46.2 Å². The molecule has 0 aliphatic carbocycles. The number of rotatable bonds is 5. The highest BCUT2D eigenvalue weighted by Crippen LogP contribution is 2.36. The fraction of sp³-hybridized carbons (Fsp3) is 0.353. The van der Waals surface area contributed by atoms with E-state index in [-0.39, 0.29) is 12.3 Å². The lowest BCUT2D eigenvalue weighted by molar-refractivity contribution is -0.274. The zero-order chi connectivity index (χ0) is 20.5. The van der Waals surface area contributed by atoms with E-state index in [4.69, 9.17) is 4.74 Å². The van der Waals surface area contributed by atoms with Gasteiger partial charge in [-0.2, -0.15) is 0 Å². The van der Waals surface area contributed by atoms with Gasteiger partial charge < -0.3 is 9.47 Å². The average Bonchev–Trinajstić information content (AvgIpc) is 2.90. The number of halogens is 4. The van der Waals surface area contributed by atoms with Crippen molar-refractivity contribution in [2.45, 2.75) is 37.1 Å². The Kier molecular flexibility index (Phi) is 6.04. The summed E-state index contributed by atoms with van der Waals surface area (Å²) in [5.41, 5.74) is 1.02. The van der Waals surface area contributed by atoms with E-state index in [1.165, 1.54) is 34.9 Å². The van der Waals surface area contributed by atoms with Gasteiger partial charge in [0.05, 0.1) is 22.8 Å². The Hall–Kier alpha value is -2.01. The number of nitrogens with zero attached hydrogens (tertiary/aromatic N) is 3. The van der Waals surface area contributed by atoms with Crippen LogP contribution in [0, 0.1) is 0 Å². The van der Waals surface area contributed by atoms with Gasteiger partial charge in [-0.3, -0.25) is 4.90 Å². The first-order valence-corrected chi connectivity index (χ1v) is 10.1. The highest BCUT2D eigenvalue weighted by Gasteiger charge is 2.40. The molecule has 1 saturated heterocycles. The van der Waals surface area contributed by atoms with Gasteiger partial charge in [0.1, 0.15) is 11.9 Å². The summed E-state index contributed by atoms with van der Waals surface area (Å²) < 4.78 is 47.4. The third-order valence-electron chi connectivity index (χ3n) is 4.11. The van der Waals surface area contributed by atoms with Crippen molar-refractivity contribution in [1.29, 1.82) is 0 Å². The van der Waals surface area contributed by atoms with Crippen molar-refractivity contribution in [2.75, 3.05) is 6.26 Å². The number of alkyl halides is 3. The molecule has 28 heavy (non-hydrogen) atoms. The van der Waals surface area contributed by atoms with Crippen molar-refractivity contribution in [2.24, 2.45) is 0 Å². The highest BCUT2D eigenvalue weighted by atomic mass is 79.9. The lowest BCUT2D eigenvalue weighted by atomic mass is 10.0. The molecule has 1 aliphatic heterocycles. The molecule has 2 atom stereocenters. The van der Waals surface area contributed by atoms with Gasteiger partial charge in [0.15, 0.2) is 5.16 Å². The molecule has 0 saturated carbocycles. The predicted octanol–water partition coefficient (Wildman–Crippen LogP) is 4.94. The molecule has 0 spiro atoms. The van der Waals surface area contributed by atoms with E-state index in [2.05, 4.69) is 30.6 Å². The smallest absolute Gasteiger partial charge is 0.439 e. The van der Waals surface area contributed by atoms with Crippen LogP contribution in [-0.2, 0) is 11.3 Å². The van der Waals surface area contributed by atoms with Crippen molar-refractivity contribution in [1.82, 2.24) is 14.9 Å². The number of hydrogen-bond acceptors (Lipinski definition) is 6. The molecule has 0 unspecified atom stereocenters. The molecule has 3 rings (SSSR count). The summed E-state index contributed by atoms with van der Waals surface area (Å²) in [5.74, 6) is -0.366. The molecule has 11 heteroatoms. The van der Waals surface area contributed by atoms with Gasteiger partial charge in [-0.25, -0.2) is 14.8 Å². The van der Waals surface area contributed by atoms with Crippen molar-refractivity contribution in [3.63, 3.8) is 0 Å². The topological polar surface area (TPSA) is 64.6 Å². The zero-order valence-corrected chi connectivity index (χ0v) is 17.1.